The second kappa shape index (κ2) is 18.7. The molecule has 30 heavy (non-hydrogen) atoms. The van der Waals surface area contributed by atoms with Crippen LogP contribution < -0.4 is 15.4 Å². The maximum absolute atomic E-state index is 5.88. The smallest absolute Gasteiger partial charge is 0.191 e. The van der Waals surface area contributed by atoms with Crippen LogP contribution in [0.15, 0.2) is 29.3 Å². The van der Waals surface area contributed by atoms with Crippen LogP contribution in [0.2, 0.25) is 0 Å². The van der Waals surface area contributed by atoms with E-state index >= 15 is 0 Å². The summed E-state index contributed by atoms with van der Waals surface area (Å²) >= 11 is 0. The molecule has 1 aromatic carbocycles. The number of methoxy groups -OCH3 is 1. The number of aliphatic imine (C=N–C) groups is 1. The number of halogens is 1. The Morgan fingerprint density at radius 3 is 2.60 bits per heavy atom. The molecule has 7 nitrogen and oxygen atoms in total. The zero-order valence-corrected chi connectivity index (χ0v) is 21.6. The molecule has 0 aliphatic carbocycles. The maximum atomic E-state index is 5.88. The molecule has 0 aliphatic rings. The van der Waals surface area contributed by atoms with Crippen molar-refractivity contribution >= 4 is 29.9 Å². The van der Waals surface area contributed by atoms with Crippen LogP contribution in [0.4, 0.5) is 0 Å². The summed E-state index contributed by atoms with van der Waals surface area (Å²) in [5, 5.41) is 6.66. The topological polar surface area (TPSA) is 67.4 Å². The number of ether oxygens (including phenoxy) is 3. The molecule has 0 saturated carbocycles. The van der Waals surface area contributed by atoms with Crippen molar-refractivity contribution in [1.29, 1.82) is 0 Å². The van der Waals surface area contributed by atoms with E-state index in [1.165, 1.54) is 0 Å². The Morgan fingerprint density at radius 2 is 1.90 bits per heavy atom. The number of rotatable bonds is 15. The monoisotopic (exact) mass is 536 g/mol. The van der Waals surface area contributed by atoms with Gasteiger partial charge in [0.2, 0.25) is 0 Å². The number of nitrogens with one attached hydrogen (secondary N) is 2. The molecule has 0 bridgehead atoms. The molecule has 0 amide bonds. The van der Waals surface area contributed by atoms with Crippen LogP contribution >= 0.6 is 24.0 Å². The normalized spacial score (nSPS) is 11.5. The van der Waals surface area contributed by atoms with Gasteiger partial charge in [0.1, 0.15) is 12.4 Å². The fourth-order valence-electron chi connectivity index (χ4n) is 2.53. The summed E-state index contributed by atoms with van der Waals surface area (Å²) in [7, 11) is 5.57. The van der Waals surface area contributed by atoms with Crippen LogP contribution in [-0.4, -0.2) is 78.1 Å². The van der Waals surface area contributed by atoms with E-state index in [4.69, 9.17) is 14.2 Å². The molecule has 0 unspecified atom stereocenters. The van der Waals surface area contributed by atoms with E-state index in [9.17, 15) is 0 Å². The van der Waals surface area contributed by atoms with E-state index in [2.05, 4.69) is 53.6 Å². The van der Waals surface area contributed by atoms with Crippen LogP contribution in [0, 0.1) is 5.92 Å². The first-order chi connectivity index (χ1) is 14.0. The third-order valence-corrected chi connectivity index (χ3v) is 4.21. The number of hydrogen-bond acceptors (Lipinski definition) is 5. The summed E-state index contributed by atoms with van der Waals surface area (Å²) in [6, 6.07) is 8.15. The van der Waals surface area contributed by atoms with Gasteiger partial charge in [0.15, 0.2) is 5.96 Å². The summed E-state index contributed by atoms with van der Waals surface area (Å²) in [5.74, 6) is 2.25. The van der Waals surface area contributed by atoms with Crippen molar-refractivity contribution in [2.75, 3.05) is 67.3 Å². The first kappa shape index (κ1) is 28.9. The summed E-state index contributed by atoms with van der Waals surface area (Å²) in [6.45, 7) is 10.6. The molecular weight excluding hydrogens is 495 g/mol. The Balaban J connectivity index is 0.00000841. The molecule has 174 valence electrons. The average molecular weight is 536 g/mol. The SMILES string of the molecule is CN=C(NCCCOCC(C)C)NCc1cccc(OCCN(C)CCOC)c1.I. The molecule has 0 aromatic heterocycles. The van der Waals surface area contributed by atoms with E-state index in [0.29, 0.717) is 19.1 Å². The predicted molar refractivity (Wildman–Crippen MR) is 135 cm³/mol. The number of hydrogen-bond donors (Lipinski definition) is 2. The number of guanidine groups is 1. The molecule has 1 aromatic rings. The van der Waals surface area contributed by atoms with Crippen molar-refractivity contribution in [2.24, 2.45) is 10.9 Å². The highest BCUT2D eigenvalue weighted by Crippen LogP contribution is 2.13. The van der Waals surface area contributed by atoms with Gasteiger partial charge in [-0.05, 0) is 37.1 Å². The third kappa shape index (κ3) is 14.8. The van der Waals surface area contributed by atoms with E-state index < -0.39 is 0 Å². The number of likely N-dealkylation sites (N-methyl/N-ethyl adjacent to an activating group) is 1. The van der Waals surface area contributed by atoms with Crippen molar-refractivity contribution in [3.05, 3.63) is 29.8 Å². The maximum Gasteiger partial charge on any atom is 0.191 e. The lowest BCUT2D eigenvalue weighted by Crippen LogP contribution is -2.37. The first-order valence-corrected chi connectivity index (χ1v) is 10.5. The van der Waals surface area contributed by atoms with Gasteiger partial charge in [0, 0.05) is 53.6 Å². The molecule has 0 heterocycles. The molecule has 2 N–H and O–H groups in total. The van der Waals surface area contributed by atoms with Crippen molar-refractivity contribution in [3.8, 4) is 5.75 Å². The molecule has 0 radical (unpaired) electrons. The van der Waals surface area contributed by atoms with E-state index in [1.54, 1.807) is 14.2 Å². The Morgan fingerprint density at radius 1 is 1.13 bits per heavy atom. The Hall–Kier alpha value is -1.10. The van der Waals surface area contributed by atoms with Gasteiger partial charge in [-0.25, -0.2) is 0 Å². The third-order valence-electron chi connectivity index (χ3n) is 4.21. The summed E-state index contributed by atoms with van der Waals surface area (Å²) < 4.78 is 16.6. The van der Waals surface area contributed by atoms with Gasteiger partial charge in [0.05, 0.1) is 6.61 Å². The number of benzene rings is 1. The van der Waals surface area contributed by atoms with E-state index in [-0.39, 0.29) is 24.0 Å². The Labute approximate surface area is 200 Å². The van der Waals surface area contributed by atoms with Crippen LogP contribution in [0.25, 0.3) is 0 Å². The highest BCUT2D eigenvalue weighted by atomic mass is 127. The van der Waals surface area contributed by atoms with Crippen molar-refractivity contribution in [3.63, 3.8) is 0 Å². The highest BCUT2D eigenvalue weighted by Gasteiger charge is 2.02. The van der Waals surface area contributed by atoms with E-state index in [1.807, 2.05) is 12.1 Å². The van der Waals surface area contributed by atoms with Crippen LogP contribution in [-0.2, 0) is 16.0 Å². The summed E-state index contributed by atoms with van der Waals surface area (Å²) in [4.78, 5) is 6.46. The van der Waals surface area contributed by atoms with Gasteiger partial charge >= 0.3 is 0 Å². The summed E-state index contributed by atoms with van der Waals surface area (Å²) in [6.07, 6.45) is 0.954. The van der Waals surface area contributed by atoms with Gasteiger partial charge < -0.3 is 29.7 Å². The highest BCUT2D eigenvalue weighted by molar-refractivity contribution is 14.0. The lowest BCUT2D eigenvalue weighted by molar-refractivity contribution is 0.108. The van der Waals surface area contributed by atoms with Crippen LogP contribution in [0.3, 0.4) is 0 Å². The molecule has 0 spiro atoms. The minimum Gasteiger partial charge on any atom is -0.492 e. The Kier molecular flexibility index (Phi) is 18.0. The van der Waals surface area contributed by atoms with Crippen LogP contribution in [0.5, 0.6) is 5.75 Å². The standard InChI is InChI=1S/C22H40N4O3.HI/c1-19(2)18-28-13-7-10-24-22(23-3)25-17-20-8-6-9-21(16-20)29-15-12-26(4)11-14-27-5;/h6,8-9,16,19H,7,10-15,17-18H2,1-5H3,(H2,23,24,25);1H. The van der Waals surface area contributed by atoms with Crippen molar-refractivity contribution in [2.45, 2.75) is 26.8 Å². The largest absolute Gasteiger partial charge is 0.492 e. The van der Waals surface area contributed by atoms with Crippen molar-refractivity contribution in [1.82, 2.24) is 15.5 Å². The average Bonchev–Trinajstić information content (AvgIpc) is 2.71. The second-order valence-electron chi connectivity index (χ2n) is 7.47. The molecular formula is C22H41IN4O3. The molecule has 0 aliphatic heterocycles. The van der Waals surface area contributed by atoms with E-state index in [0.717, 1.165) is 63.1 Å². The predicted octanol–water partition coefficient (Wildman–Crippen LogP) is 2.99. The molecule has 0 atom stereocenters. The molecule has 1 rings (SSSR count). The first-order valence-electron chi connectivity index (χ1n) is 10.5. The van der Waals surface area contributed by atoms with Gasteiger partial charge in [-0.15, -0.1) is 24.0 Å². The van der Waals surface area contributed by atoms with Crippen LogP contribution in [0.1, 0.15) is 25.8 Å². The zero-order chi connectivity index (χ0) is 21.3. The van der Waals surface area contributed by atoms with Gasteiger partial charge in [-0.3, -0.25) is 4.99 Å². The van der Waals surface area contributed by atoms with Gasteiger partial charge in [0.25, 0.3) is 0 Å². The quantitative estimate of drug-likeness (QED) is 0.156. The molecule has 8 heteroatoms. The molecule has 0 fully saturated rings. The second-order valence-corrected chi connectivity index (χ2v) is 7.47. The van der Waals surface area contributed by atoms with Gasteiger partial charge in [-0.1, -0.05) is 26.0 Å². The zero-order valence-electron chi connectivity index (χ0n) is 19.3. The lowest BCUT2D eigenvalue weighted by Gasteiger charge is -2.16. The lowest BCUT2D eigenvalue weighted by atomic mass is 10.2. The fraction of sp³-hybridized carbons (Fsp3) is 0.682. The fourth-order valence-corrected chi connectivity index (χ4v) is 2.53. The van der Waals surface area contributed by atoms with Gasteiger partial charge in [-0.2, -0.15) is 0 Å². The number of nitrogens with zero attached hydrogens (tertiary/aromatic N) is 2. The molecule has 0 saturated heterocycles. The minimum atomic E-state index is 0. The minimum absolute atomic E-state index is 0. The Bertz CT molecular complexity index is 573. The van der Waals surface area contributed by atoms with Crippen molar-refractivity contribution < 1.29 is 14.2 Å². The summed E-state index contributed by atoms with van der Waals surface area (Å²) in [5.41, 5.74) is 1.15.